The van der Waals surface area contributed by atoms with Crippen LogP contribution >= 0.6 is 46.3 Å². The number of rotatable bonds is 10. The fourth-order valence-corrected chi connectivity index (χ4v) is 5.37. The number of nitrogens with zero attached hydrogens (tertiary/aromatic N) is 4. The summed E-state index contributed by atoms with van der Waals surface area (Å²) in [7, 11) is 1.62. The van der Waals surface area contributed by atoms with Crippen molar-refractivity contribution in [1.29, 1.82) is 0 Å². The third-order valence-corrected chi connectivity index (χ3v) is 7.51. The molecule has 11 heteroatoms. The van der Waals surface area contributed by atoms with Crippen molar-refractivity contribution in [2.75, 3.05) is 18.2 Å². The van der Waals surface area contributed by atoms with Crippen molar-refractivity contribution in [3.63, 3.8) is 0 Å². The minimum absolute atomic E-state index is 0.156. The molecule has 0 bridgehead atoms. The molecule has 35 heavy (non-hydrogen) atoms. The smallest absolute Gasteiger partial charge is 0.236 e. The molecule has 0 aliphatic carbocycles. The Bertz CT molecular complexity index is 1320. The molecule has 0 fully saturated rings. The standard InChI is InChI=1S/C24H21Cl2N5O2S2/c1-3-11-31-22(15-7-9-16(33-2)10-8-15)29-30-24(31)34-14-21(32)28-23-27-13-17(35-23)12-18-19(25)5-4-6-20(18)26/h3-10,13H,1,11-12,14H2,2H3,(H,27,28,32). The summed E-state index contributed by atoms with van der Waals surface area (Å²) >= 11 is 15.2. The molecule has 4 aromatic rings. The number of nitrogens with one attached hydrogen (secondary N) is 1. The van der Waals surface area contributed by atoms with Gasteiger partial charge in [-0.1, -0.05) is 47.1 Å². The number of carbonyl (C=O) groups excluding carboxylic acids is 1. The van der Waals surface area contributed by atoms with E-state index in [4.69, 9.17) is 27.9 Å². The first-order chi connectivity index (χ1) is 17.0. The highest BCUT2D eigenvalue weighted by molar-refractivity contribution is 7.99. The quantitative estimate of drug-likeness (QED) is 0.188. The van der Waals surface area contributed by atoms with E-state index in [1.165, 1.54) is 23.1 Å². The average molecular weight is 547 g/mol. The molecule has 0 unspecified atom stereocenters. The highest BCUT2D eigenvalue weighted by Crippen LogP contribution is 2.30. The van der Waals surface area contributed by atoms with E-state index in [2.05, 4.69) is 27.1 Å². The molecule has 1 N–H and O–H groups in total. The number of hydrogen-bond donors (Lipinski definition) is 1. The lowest BCUT2D eigenvalue weighted by molar-refractivity contribution is -0.113. The molecule has 0 saturated carbocycles. The van der Waals surface area contributed by atoms with E-state index in [9.17, 15) is 4.79 Å². The number of carbonyl (C=O) groups is 1. The van der Waals surface area contributed by atoms with Crippen LogP contribution in [0, 0.1) is 0 Å². The third kappa shape index (κ3) is 6.24. The second-order valence-electron chi connectivity index (χ2n) is 7.28. The zero-order valence-electron chi connectivity index (χ0n) is 18.7. The molecule has 0 spiro atoms. The summed E-state index contributed by atoms with van der Waals surface area (Å²) in [4.78, 5) is 17.8. The molecule has 0 radical (unpaired) electrons. The van der Waals surface area contributed by atoms with Gasteiger partial charge >= 0.3 is 0 Å². The monoisotopic (exact) mass is 545 g/mol. The lowest BCUT2D eigenvalue weighted by Gasteiger charge is -2.08. The van der Waals surface area contributed by atoms with Crippen molar-refractivity contribution in [1.82, 2.24) is 19.7 Å². The lowest BCUT2D eigenvalue weighted by Crippen LogP contribution is -2.14. The maximum Gasteiger partial charge on any atom is 0.236 e. The number of thioether (sulfide) groups is 1. The van der Waals surface area contributed by atoms with Crippen LogP contribution in [-0.2, 0) is 17.8 Å². The van der Waals surface area contributed by atoms with Crippen LogP contribution in [0.4, 0.5) is 5.13 Å². The van der Waals surface area contributed by atoms with Crippen LogP contribution in [0.2, 0.25) is 10.0 Å². The minimum Gasteiger partial charge on any atom is -0.497 e. The van der Waals surface area contributed by atoms with E-state index in [1.807, 2.05) is 28.8 Å². The van der Waals surface area contributed by atoms with E-state index in [-0.39, 0.29) is 11.7 Å². The molecule has 2 aromatic heterocycles. The number of amides is 1. The topological polar surface area (TPSA) is 81.9 Å². The van der Waals surface area contributed by atoms with Gasteiger partial charge in [-0.3, -0.25) is 9.36 Å². The Morgan fingerprint density at radius 1 is 1.20 bits per heavy atom. The summed E-state index contributed by atoms with van der Waals surface area (Å²) in [5.41, 5.74) is 1.73. The van der Waals surface area contributed by atoms with Crippen LogP contribution < -0.4 is 10.1 Å². The summed E-state index contributed by atoms with van der Waals surface area (Å²) < 4.78 is 7.14. The Balaban J connectivity index is 1.39. The van der Waals surface area contributed by atoms with Gasteiger partial charge in [0.25, 0.3) is 0 Å². The SMILES string of the molecule is C=CCn1c(SCC(=O)Nc2ncc(Cc3c(Cl)cccc3Cl)s2)nnc1-c1ccc(OC)cc1. The molecule has 4 rings (SSSR count). The van der Waals surface area contributed by atoms with Crippen molar-refractivity contribution in [2.24, 2.45) is 0 Å². The maximum atomic E-state index is 12.6. The van der Waals surface area contributed by atoms with Crippen molar-refractivity contribution in [3.8, 4) is 17.1 Å². The first-order valence-electron chi connectivity index (χ1n) is 10.5. The van der Waals surface area contributed by atoms with Crippen LogP contribution in [0.1, 0.15) is 10.4 Å². The van der Waals surface area contributed by atoms with E-state index in [0.717, 1.165) is 21.8 Å². The first-order valence-corrected chi connectivity index (χ1v) is 13.0. The highest BCUT2D eigenvalue weighted by atomic mass is 35.5. The number of anilines is 1. The van der Waals surface area contributed by atoms with Crippen molar-refractivity contribution in [2.45, 2.75) is 18.1 Å². The summed E-state index contributed by atoms with van der Waals surface area (Å²) in [6.45, 7) is 4.34. The molecule has 1 amide bonds. The fraction of sp³-hybridized carbons (Fsp3) is 0.167. The van der Waals surface area contributed by atoms with Crippen LogP contribution in [0.5, 0.6) is 5.75 Å². The lowest BCUT2D eigenvalue weighted by atomic mass is 10.1. The predicted molar refractivity (Wildman–Crippen MR) is 143 cm³/mol. The van der Waals surface area contributed by atoms with Crippen molar-refractivity contribution < 1.29 is 9.53 Å². The summed E-state index contributed by atoms with van der Waals surface area (Å²) in [5.74, 6) is 1.42. The van der Waals surface area contributed by atoms with E-state index < -0.39 is 0 Å². The molecule has 7 nitrogen and oxygen atoms in total. The molecule has 0 saturated heterocycles. The zero-order valence-corrected chi connectivity index (χ0v) is 21.8. The second kappa shape index (κ2) is 11.7. The Labute approximate surface area is 221 Å². The van der Waals surface area contributed by atoms with Gasteiger partial charge in [-0.25, -0.2) is 4.98 Å². The number of halogens is 2. The van der Waals surface area contributed by atoms with Gasteiger partial charge in [-0.2, -0.15) is 0 Å². The molecule has 180 valence electrons. The largest absolute Gasteiger partial charge is 0.497 e. The van der Waals surface area contributed by atoms with Gasteiger partial charge < -0.3 is 10.1 Å². The van der Waals surface area contributed by atoms with Gasteiger partial charge in [0.15, 0.2) is 16.1 Å². The van der Waals surface area contributed by atoms with Crippen LogP contribution in [-0.4, -0.2) is 38.5 Å². The van der Waals surface area contributed by atoms with Gasteiger partial charge in [0.1, 0.15) is 5.75 Å². The van der Waals surface area contributed by atoms with E-state index in [0.29, 0.717) is 39.1 Å². The molecule has 0 aliphatic rings. The van der Waals surface area contributed by atoms with Gasteiger partial charge in [-0.15, -0.1) is 28.1 Å². The number of benzene rings is 2. The normalized spacial score (nSPS) is 10.8. The van der Waals surface area contributed by atoms with Gasteiger partial charge in [-0.05, 0) is 42.0 Å². The zero-order chi connectivity index (χ0) is 24.8. The second-order valence-corrected chi connectivity index (χ2v) is 10.2. The Hall–Kier alpha value is -2.85. The number of ether oxygens (including phenoxy) is 1. The minimum atomic E-state index is -0.189. The first kappa shape index (κ1) is 25.2. The summed E-state index contributed by atoms with van der Waals surface area (Å²) in [6.07, 6.45) is 4.03. The van der Waals surface area contributed by atoms with Crippen molar-refractivity contribution in [3.05, 3.63) is 81.8 Å². The number of hydrogen-bond acceptors (Lipinski definition) is 7. The number of thiazole rings is 1. The number of aromatic nitrogens is 4. The van der Waals surface area contributed by atoms with Gasteiger partial charge in [0.2, 0.25) is 5.91 Å². The molecule has 2 aromatic carbocycles. The highest BCUT2D eigenvalue weighted by Gasteiger charge is 2.16. The molecule has 2 heterocycles. The predicted octanol–water partition coefficient (Wildman–Crippen LogP) is 6.22. The summed E-state index contributed by atoms with van der Waals surface area (Å²) in [5, 5.41) is 13.8. The average Bonchev–Trinajstić information content (AvgIpc) is 3.47. The third-order valence-electron chi connectivity index (χ3n) is 4.92. The fourth-order valence-electron chi connectivity index (χ4n) is 3.25. The number of methoxy groups -OCH3 is 1. The van der Waals surface area contributed by atoms with Gasteiger partial charge in [0, 0.05) is 39.6 Å². The van der Waals surface area contributed by atoms with E-state index in [1.54, 1.807) is 37.6 Å². The maximum absolute atomic E-state index is 12.6. The Kier molecular flexibility index (Phi) is 8.46. The van der Waals surface area contributed by atoms with Crippen LogP contribution in [0.15, 0.2) is 66.5 Å². The molecule has 0 atom stereocenters. The molecular formula is C24H21Cl2N5O2S2. The molecule has 0 aliphatic heterocycles. The molecular weight excluding hydrogens is 525 g/mol. The van der Waals surface area contributed by atoms with Gasteiger partial charge in [0.05, 0.1) is 12.9 Å². The van der Waals surface area contributed by atoms with Crippen LogP contribution in [0.3, 0.4) is 0 Å². The number of allylic oxidation sites excluding steroid dienone is 1. The van der Waals surface area contributed by atoms with Crippen molar-refractivity contribution >= 4 is 57.3 Å². The van der Waals surface area contributed by atoms with Crippen LogP contribution in [0.25, 0.3) is 11.4 Å². The Morgan fingerprint density at radius 3 is 2.63 bits per heavy atom. The Morgan fingerprint density at radius 2 is 1.94 bits per heavy atom. The summed E-state index contributed by atoms with van der Waals surface area (Å²) in [6, 6.07) is 13.0. The van der Waals surface area contributed by atoms with E-state index >= 15 is 0 Å².